The molecule has 0 radical (unpaired) electrons. The number of benzene rings is 1. The van der Waals surface area contributed by atoms with E-state index in [-0.39, 0.29) is 11.9 Å². The van der Waals surface area contributed by atoms with Crippen LogP contribution in [0.1, 0.15) is 23.0 Å². The van der Waals surface area contributed by atoms with Gasteiger partial charge in [0.15, 0.2) is 0 Å². The van der Waals surface area contributed by atoms with Crippen LogP contribution in [0, 0.1) is 0 Å². The molecule has 21 heavy (non-hydrogen) atoms. The minimum absolute atomic E-state index is 0.0154. The molecule has 0 spiro atoms. The summed E-state index contributed by atoms with van der Waals surface area (Å²) in [7, 11) is 3.83. The molecule has 2 aromatic rings. The Balaban J connectivity index is 2.01. The van der Waals surface area contributed by atoms with E-state index in [1.807, 2.05) is 44.1 Å². The Labute approximate surface area is 124 Å². The van der Waals surface area contributed by atoms with Crippen molar-refractivity contribution in [3.63, 3.8) is 0 Å². The zero-order valence-corrected chi connectivity index (χ0v) is 12.6. The molecule has 5 heteroatoms. The summed E-state index contributed by atoms with van der Waals surface area (Å²) in [6.45, 7) is 1.94. The molecule has 1 atom stereocenters. The minimum Gasteiger partial charge on any atom is -0.469 e. The van der Waals surface area contributed by atoms with Crippen molar-refractivity contribution >= 4 is 17.3 Å². The fourth-order valence-electron chi connectivity index (χ4n) is 2.19. The number of amides is 1. The highest BCUT2D eigenvalue weighted by molar-refractivity contribution is 5.96. The largest absolute Gasteiger partial charge is 0.469 e. The van der Waals surface area contributed by atoms with Crippen LogP contribution in [0.4, 0.5) is 11.4 Å². The number of nitrogens with one attached hydrogen (secondary N) is 1. The van der Waals surface area contributed by atoms with Gasteiger partial charge in [-0.05, 0) is 37.3 Å². The highest BCUT2D eigenvalue weighted by atomic mass is 16.3. The van der Waals surface area contributed by atoms with Crippen LogP contribution in [0.2, 0.25) is 0 Å². The molecule has 1 unspecified atom stereocenters. The maximum absolute atomic E-state index is 12.2. The lowest BCUT2D eigenvalue weighted by atomic mass is 10.1. The number of nitrogens with zero attached hydrogens (tertiary/aromatic N) is 1. The number of nitrogen functional groups attached to an aromatic ring is 1. The Morgan fingerprint density at radius 2 is 2.14 bits per heavy atom. The summed E-state index contributed by atoms with van der Waals surface area (Å²) in [6, 6.07) is 9.04. The number of rotatable bonds is 5. The van der Waals surface area contributed by atoms with Gasteiger partial charge in [0.25, 0.3) is 5.91 Å². The van der Waals surface area contributed by atoms with Crippen LogP contribution in [0.15, 0.2) is 41.0 Å². The molecule has 0 fully saturated rings. The lowest BCUT2D eigenvalue weighted by molar-refractivity contribution is 0.0939. The Hall–Kier alpha value is -2.43. The van der Waals surface area contributed by atoms with Gasteiger partial charge in [-0.2, -0.15) is 0 Å². The van der Waals surface area contributed by atoms with E-state index in [1.165, 1.54) is 0 Å². The Kier molecular flexibility index (Phi) is 4.52. The molecule has 0 aliphatic carbocycles. The van der Waals surface area contributed by atoms with E-state index in [4.69, 9.17) is 10.2 Å². The molecule has 0 bridgehead atoms. The maximum Gasteiger partial charge on any atom is 0.251 e. The summed E-state index contributed by atoms with van der Waals surface area (Å²) in [4.78, 5) is 14.1. The van der Waals surface area contributed by atoms with Gasteiger partial charge >= 0.3 is 0 Å². The quantitative estimate of drug-likeness (QED) is 0.828. The van der Waals surface area contributed by atoms with Gasteiger partial charge in [0, 0.05) is 32.1 Å². The van der Waals surface area contributed by atoms with Crippen molar-refractivity contribution < 1.29 is 9.21 Å². The SMILES string of the molecule is CC(Cc1ccco1)NC(=O)c1ccc(N(C)C)c(N)c1. The van der Waals surface area contributed by atoms with Gasteiger partial charge in [-0.25, -0.2) is 0 Å². The van der Waals surface area contributed by atoms with Crippen LogP contribution in [-0.2, 0) is 6.42 Å². The van der Waals surface area contributed by atoms with E-state index in [2.05, 4.69) is 5.32 Å². The second-order valence-corrected chi connectivity index (χ2v) is 5.33. The molecule has 1 aromatic heterocycles. The topological polar surface area (TPSA) is 71.5 Å². The first-order valence-corrected chi connectivity index (χ1v) is 6.87. The van der Waals surface area contributed by atoms with Gasteiger partial charge in [0.1, 0.15) is 5.76 Å². The summed E-state index contributed by atoms with van der Waals surface area (Å²) in [6.07, 6.45) is 2.29. The van der Waals surface area contributed by atoms with Crippen LogP contribution < -0.4 is 16.0 Å². The van der Waals surface area contributed by atoms with Gasteiger partial charge in [0.05, 0.1) is 17.6 Å². The fourth-order valence-corrected chi connectivity index (χ4v) is 2.19. The molecule has 0 aliphatic heterocycles. The molecule has 1 aromatic carbocycles. The van der Waals surface area contributed by atoms with Crippen molar-refractivity contribution in [3.05, 3.63) is 47.9 Å². The molecule has 112 valence electrons. The van der Waals surface area contributed by atoms with Gasteiger partial charge in [-0.3, -0.25) is 4.79 Å². The monoisotopic (exact) mass is 287 g/mol. The van der Waals surface area contributed by atoms with Crippen molar-refractivity contribution in [1.29, 1.82) is 0 Å². The standard InChI is InChI=1S/C16H21N3O2/c1-11(9-13-5-4-8-21-13)18-16(20)12-6-7-15(19(2)3)14(17)10-12/h4-8,10-11H,9,17H2,1-3H3,(H,18,20). The second-order valence-electron chi connectivity index (χ2n) is 5.33. The first-order valence-electron chi connectivity index (χ1n) is 6.87. The molecular formula is C16H21N3O2. The third-order valence-electron chi connectivity index (χ3n) is 3.24. The molecule has 0 aliphatic rings. The predicted molar refractivity (Wildman–Crippen MR) is 84.5 cm³/mol. The summed E-state index contributed by atoms with van der Waals surface area (Å²) >= 11 is 0. The zero-order valence-electron chi connectivity index (χ0n) is 12.6. The normalized spacial score (nSPS) is 12.0. The van der Waals surface area contributed by atoms with Crippen molar-refractivity contribution in [2.24, 2.45) is 0 Å². The number of furan rings is 1. The maximum atomic E-state index is 12.2. The Bertz CT molecular complexity index is 606. The lowest BCUT2D eigenvalue weighted by Crippen LogP contribution is -2.34. The minimum atomic E-state index is -0.133. The van der Waals surface area contributed by atoms with E-state index in [1.54, 1.807) is 18.4 Å². The third kappa shape index (κ3) is 3.78. The number of hydrogen-bond acceptors (Lipinski definition) is 4. The second kappa shape index (κ2) is 6.35. The highest BCUT2D eigenvalue weighted by Gasteiger charge is 2.13. The molecule has 5 nitrogen and oxygen atoms in total. The summed E-state index contributed by atoms with van der Waals surface area (Å²) < 4.78 is 5.28. The van der Waals surface area contributed by atoms with E-state index in [0.29, 0.717) is 17.7 Å². The van der Waals surface area contributed by atoms with Crippen LogP contribution >= 0.6 is 0 Å². The molecular weight excluding hydrogens is 266 g/mol. The summed E-state index contributed by atoms with van der Waals surface area (Å²) in [5.41, 5.74) is 8.01. The van der Waals surface area contributed by atoms with Gasteiger partial charge < -0.3 is 20.4 Å². The van der Waals surface area contributed by atoms with E-state index in [0.717, 1.165) is 11.4 Å². The van der Waals surface area contributed by atoms with Crippen molar-refractivity contribution in [2.75, 3.05) is 24.7 Å². The van der Waals surface area contributed by atoms with Gasteiger partial charge in [-0.1, -0.05) is 0 Å². The molecule has 1 amide bonds. The van der Waals surface area contributed by atoms with Gasteiger partial charge in [0.2, 0.25) is 0 Å². The van der Waals surface area contributed by atoms with E-state index < -0.39 is 0 Å². The Morgan fingerprint density at radius 1 is 1.38 bits per heavy atom. The average Bonchev–Trinajstić information content (AvgIpc) is 2.90. The summed E-state index contributed by atoms with van der Waals surface area (Å²) in [5.74, 6) is 0.719. The lowest BCUT2D eigenvalue weighted by Gasteiger charge is -2.17. The molecule has 1 heterocycles. The fraction of sp³-hybridized carbons (Fsp3) is 0.312. The van der Waals surface area contributed by atoms with Crippen LogP contribution in [0.3, 0.4) is 0 Å². The predicted octanol–water partition coefficient (Wildman–Crippen LogP) is 2.29. The number of hydrogen-bond donors (Lipinski definition) is 2. The molecule has 0 saturated heterocycles. The van der Waals surface area contributed by atoms with Crippen LogP contribution in [0.5, 0.6) is 0 Å². The van der Waals surface area contributed by atoms with Crippen molar-refractivity contribution in [3.8, 4) is 0 Å². The molecule has 3 N–H and O–H groups in total. The van der Waals surface area contributed by atoms with Gasteiger partial charge in [-0.15, -0.1) is 0 Å². The van der Waals surface area contributed by atoms with Crippen LogP contribution in [-0.4, -0.2) is 26.0 Å². The Morgan fingerprint density at radius 3 is 2.71 bits per heavy atom. The van der Waals surface area contributed by atoms with Crippen molar-refractivity contribution in [1.82, 2.24) is 5.32 Å². The average molecular weight is 287 g/mol. The number of carbonyl (C=O) groups excluding carboxylic acids is 1. The number of nitrogens with two attached hydrogens (primary N) is 1. The molecule has 2 rings (SSSR count). The third-order valence-corrected chi connectivity index (χ3v) is 3.24. The van der Waals surface area contributed by atoms with E-state index in [9.17, 15) is 4.79 Å². The van der Waals surface area contributed by atoms with Crippen LogP contribution in [0.25, 0.3) is 0 Å². The van der Waals surface area contributed by atoms with Crippen molar-refractivity contribution in [2.45, 2.75) is 19.4 Å². The zero-order chi connectivity index (χ0) is 15.4. The first kappa shape index (κ1) is 15.0. The van der Waals surface area contributed by atoms with E-state index >= 15 is 0 Å². The number of anilines is 2. The number of carbonyl (C=O) groups is 1. The summed E-state index contributed by atoms with van der Waals surface area (Å²) in [5, 5.41) is 2.94. The first-order chi connectivity index (χ1) is 9.97. The molecule has 0 saturated carbocycles. The highest BCUT2D eigenvalue weighted by Crippen LogP contribution is 2.22. The smallest absolute Gasteiger partial charge is 0.251 e.